The molecular formula is C13H23NO2. The molecule has 0 aromatic rings. The Morgan fingerprint density at radius 2 is 1.62 bits per heavy atom. The molecule has 0 aliphatic heterocycles. The molecule has 4 aliphatic carbocycles. The predicted molar refractivity (Wildman–Crippen MR) is 61.8 cm³/mol. The predicted octanol–water partition coefficient (Wildman–Crippen LogP) is 1.15. The molecular weight excluding hydrogens is 202 g/mol. The van der Waals surface area contributed by atoms with Crippen LogP contribution in [0.1, 0.15) is 32.1 Å². The highest BCUT2D eigenvalue weighted by atomic mass is 16.5. The molecule has 3 N–H and O–H groups in total. The number of hydrogen-bond donors (Lipinski definition) is 2. The third-order valence-electron chi connectivity index (χ3n) is 4.89. The number of aliphatic hydroxyl groups excluding tert-OH is 1. The van der Waals surface area contributed by atoms with Crippen LogP contribution >= 0.6 is 0 Å². The maximum atomic E-state index is 9.46. The zero-order valence-corrected chi connectivity index (χ0v) is 9.85. The van der Waals surface area contributed by atoms with E-state index in [-0.39, 0.29) is 0 Å². The highest BCUT2D eigenvalue weighted by molar-refractivity contribution is 4.99. The summed E-state index contributed by atoms with van der Waals surface area (Å²) in [4.78, 5) is 0. The van der Waals surface area contributed by atoms with Gasteiger partial charge in [-0.05, 0) is 55.8 Å². The molecule has 4 aliphatic rings. The average molecular weight is 225 g/mol. The van der Waals surface area contributed by atoms with E-state index in [1.165, 1.54) is 32.1 Å². The molecule has 4 rings (SSSR count). The van der Waals surface area contributed by atoms with E-state index >= 15 is 0 Å². The maximum absolute atomic E-state index is 9.46. The van der Waals surface area contributed by atoms with E-state index in [1.807, 2.05) is 0 Å². The maximum Gasteiger partial charge on any atom is 0.0895 e. The van der Waals surface area contributed by atoms with Crippen molar-refractivity contribution in [1.29, 1.82) is 0 Å². The second-order valence-corrected chi connectivity index (χ2v) is 6.12. The van der Waals surface area contributed by atoms with Crippen LogP contribution in [0.25, 0.3) is 0 Å². The van der Waals surface area contributed by atoms with E-state index in [2.05, 4.69) is 0 Å². The third kappa shape index (κ3) is 1.89. The van der Waals surface area contributed by atoms with Crippen LogP contribution in [-0.4, -0.2) is 30.5 Å². The van der Waals surface area contributed by atoms with Crippen molar-refractivity contribution >= 4 is 0 Å². The highest BCUT2D eigenvalue weighted by Gasteiger charge is 2.48. The number of rotatable bonds is 4. The van der Waals surface area contributed by atoms with Gasteiger partial charge in [-0.1, -0.05) is 0 Å². The molecule has 0 radical (unpaired) electrons. The van der Waals surface area contributed by atoms with Crippen molar-refractivity contribution in [2.45, 2.75) is 44.3 Å². The molecule has 0 aromatic heterocycles. The number of ether oxygens (including phenoxy) is 1. The summed E-state index contributed by atoms with van der Waals surface area (Å²) >= 11 is 0. The van der Waals surface area contributed by atoms with E-state index in [0.717, 1.165) is 23.7 Å². The van der Waals surface area contributed by atoms with E-state index in [1.54, 1.807) is 0 Å². The zero-order chi connectivity index (χ0) is 11.1. The lowest BCUT2D eigenvalue weighted by Crippen LogP contribution is -2.50. The van der Waals surface area contributed by atoms with Crippen LogP contribution in [0.3, 0.4) is 0 Å². The van der Waals surface area contributed by atoms with Gasteiger partial charge in [0.1, 0.15) is 0 Å². The number of hydrogen-bond acceptors (Lipinski definition) is 3. The standard InChI is InChI=1S/C13H23NO2/c14-6-12(15)7-16-13-10-2-8-1-9(4-10)5-11(13)3-8/h8-13,15H,1-7,14H2. The molecule has 4 bridgehead atoms. The Labute approximate surface area is 97.3 Å². The summed E-state index contributed by atoms with van der Waals surface area (Å²) in [5, 5.41) is 9.46. The van der Waals surface area contributed by atoms with Gasteiger partial charge in [0.25, 0.3) is 0 Å². The van der Waals surface area contributed by atoms with Crippen LogP contribution in [0.15, 0.2) is 0 Å². The van der Waals surface area contributed by atoms with Crippen LogP contribution in [0.5, 0.6) is 0 Å². The summed E-state index contributed by atoms with van der Waals surface area (Å²) in [5.41, 5.74) is 5.40. The molecule has 0 amide bonds. The smallest absolute Gasteiger partial charge is 0.0895 e. The Morgan fingerprint density at radius 1 is 1.06 bits per heavy atom. The number of nitrogens with two attached hydrogens (primary N) is 1. The minimum atomic E-state index is -0.475. The molecule has 1 atom stereocenters. The quantitative estimate of drug-likeness (QED) is 0.754. The van der Waals surface area contributed by atoms with Gasteiger partial charge in [-0.15, -0.1) is 0 Å². The highest BCUT2D eigenvalue weighted by Crippen LogP contribution is 2.54. The zero-order valence-electron chi connectivity index (χ0n) is 9.85. The fourth-order valence-corrected chi connectivity index (χ4v) is 4.44. The monoisotopic (exact) mass is 225 g/mol. The Morgan fingerprint density at radius 3 is 2.12 bits per heavy atom. The van der Waals surface area contributed by atoms with E-state index in [4.69, 9.17) is 10.5 Å². The van der Waals surface area contributed by atoms with Gasteiger partial charge in [0, 0.05) is 6.54 Å². The molecule has 3 nitrogen and oxygen atoms in total. The Bertz CT molecular complexity index is 228. The molecule has 4 fully saturated rings. The van der Waals surface area contributed by atoms with Crippen LogP contribution in [0.2, 0.25) is 0 Å². The van der Waals surface area contributed by atoms with Crippen molar-refractivity contribution in [3.63, 3.8) is 0 Å². The molecule has 1 unspecified atom stereocenters. The van der Waals surface area contributed by atoms with Crippen LogP contribution in [0.4, 0.5) is 0 Å². The van der Waals surface area contributed by atoms with Crippen molar-refractivity contribution < 1.29 is 9.84 Å². The molecule has 0 heterocycles. The van der Waals surface area contributed by atoms with Crippen molar-refractivity contribution in [1.82, 2.24) is 0 Å². The first kappa shape index (κ1) is 11.0. The fraction of sp³-hybridized carbons (Fsp3) is 1.00. The second kappa shape index (κ2) is 4.28. The third-order valence-corrected chi connectivity index (χ3v) is 4.89. The largest absolute Gasteiger partial charge is 0.389 e. The first-order valence-corrected chi connectivity index (χ1v) is 6.76. The summed E-state index contributed by atoms with van der Waals surface area (Å²) in [6, 6.07) is 0. The lowest BCUT2D eigenvalue weighted by Gasteiger charge is -2.54. The van der Waals surface area contributed by atoms with Crippen LogP contribution < -0.4 is 5.73 Å². The summed E-state index contributed by atoms with van der Waals surface area (Å²) in [6.45, 7) is 0.747. The molecule has 92 valence electrons. The van der Waals surface area contributed by atoms with E-state index in [0.29, 0.717) is 19.3 Å². The van der Waals surface area contributed by atoms with Gasteiger partial charge in [-0.25, -0.2) is 0 Å². The van der Waals surface area contributed by atoms with E-state index < -0.39 is 6.10 Å². The van der Waals surface area contributed by atoms with Gasteiger partial charge in [0.15, 0.2) is 0 Å². The summed E-state index contributed by atoms with van der Waals surface area (Å²) in [6.07, 6.45) is 6.91. The molecule has 4 saturated carbocycles. The lowest BCUT2D eigenvalue weighted by atomic mass is 9.55. The van der Waals surface area contributed by atoms with Gasteiger partial charge < -0.3 is 15.6 Å². The van der Waals surface area contributed by atoms with Crippen LogP contribution in [0, 0.1) is 23.7 Å². The summed E-state index contributed by atoms with van der Waals surface area (Å²) in [7, 11) is 0. The topological polar surface area (TPSA) is 55.5 Å². The van der Waals surface area contributed by atoms with Crippen molar-refractivity contribution in [2.24, 2.45) is 29.4 Å². The van der Waals surface area contributed by atoms with Gasteiger partial charge >= 0.3 is 0 Å². The van der Waals surface area contributed by atoms with E-state index in [9.17, 15) is 5.11 Å². The molecule has 0 aromatic carbocycles. The summed E-state index contributed by atoms with van der Waals surface area (Å²) < 4.78 is 5.94. The van der Waals surface area contributed by atoms with Crippen molar-refractivity contribution in [2.75, 3.05) is 13.2 Å². The molecule has 3 heteroatoms. The normalized spacial score (nSPS) is 47.2. The van der Waals surface area contributed by atoms with Crippen LogP contribution in [-0.2, 0) is 4.74 Å². The summed E-state index contributed by atoms with van der Waals surface area (Å²) in [5.74, 6) is 3.53. The minimum absolute atomic E-state index is 0.313. The Hall–Kier alpha value is -0.120. The first-order chi connectivity index (χ1) is 7.76. The number of aliphatic hydroxyl groups is 1. The minimum Gasteiger partial charge on any atom is -0.389 e. The van der Waals surface area contributed by atoms with Gasteiger partial charge in [-0.3, -0.25) is 0 Å². The Balaban J connectivity index is 1.59. The van der Waals surface area contributed by atoms with Crippen molar-refractivity contribution in [3.05, 3.63) is 0 Å². The molecule has 16 heavy (non-hydrogen) atoms. The first-order valence-electron chi connectivity index (χ1n) is 6.76. The van der Waals surface area contributed by atoms with Gasteiger partial charge in [-0.2, -0.15) is 0 Å². The SMILES string of the molecule is NCC(O)COC1C2CC3CC(C2)CC1C3. The average Bonchev–Trinajstić information content (AvgIpc) is 2.26. The molecule has 0 saturated heterocycles. The Kier molecular flexibility index (Phi) is 2.94. The fourth-order valence-electron chi connectivity index (χ4n) is 4.44. The van der Waals surface area contributed by atoms with Gasteiger partial charge in [0.05, 0.1) is 18.8 Å². The lowest BCUT2D eigenvalue weighted by molar-refractivity contribution is -0.138. The second-order valence-electron chi connectivity index (χ2n) is 6.12. The molecule has 0 spiro atoms. The van der Waals surface area contributed by atoms with Gasteiger partial charge in [0.2, 0.25) is 0 Å². The van der Waals surface area contributed by atoms with Crippen molar-refractivity contribution in [3.8, 4) is 0 Å².